The second kappa shape index (κ2) is 6.48. The van der Waals surface area contributed by atoms with Gasteiger partial charge in [-0.25, -0.2) is 4.98 Å². The van der Waals surface area contributed by atoms with E-state index in [4.69, 9.17) is 0 Å². The van der Waals surface area contributed by atoms with Crippen LogP contribution in [0.1, 0.15) is 25.7 Å². The first-order valence-corrected chi connectivity index (χ1v) is 6.32. The normalized spacial score (nSPS) is 17.2. The van der Waals surface area contributed by atoms with E-state index >= 15 is 0 Å². The number of piperidine rings is 1. The molecule has 0 bridgehead atoms. The molecule has 0 radical (unpaired) electrons. The Labute approximate surface area is 97.9 Å². The Bertz CT molecular complexity index is 280. The molecule has 1 saturated heterocycles. The van der Waals surface area contributed by atoms with Gasteiger partial charge in [0.25, 0.3) is 0 Å². The van der Waals surface area contributed by atoms with Gasteiger partial charge in [-0.05, 0) is 51.0 Å². The molecule has 0 unspecified atom stereocenters. The minimum atomic E-state index is 0.987. The van der Waals surface area contributed by atoms with Gasteiger partial charge in [-0.15, -0.1) is 0 Å². The first-order valence-electron chi connectivity index (χ1n) is 6.32. The Morgan fingerprint density at radius 2 is 2.06 bits per heavy atom. The van der Waals surface area contributed by atoms with Crippen LogP contribution in [0, 0.1) is 0 Å². The summed E-state index contributed by atoms with van der Waals surface area (Å²) in [5.41, 5.74) is 0. The van der Waals surface area contributed by atoms with Gasteiger partial charge in [0.15, 0.2) is 0 Å². The molecule has 0 amide bonds. The highest BCUT2D eigenvalue weighted by molar-refractivity contribution is 5.32. The van der Waals surface area contributed by atoms with Crippen LogP contribution in [0.25, 0.3) is 0 Å². The number of hydrogen-bond acceptors (Lipinski definition) is 3. The van der Waals surface area contributed by atoms with Crippen LogP contribution in [0.3, 0.4) is 0 Å². The van der Waals surface area contributed by atoms with E-state index in [9.17, 15) is 0 Å². The zero-order valence-electron chi connectivity index (χ0n) is 9.86. The fourth-order valence-electron chi connectivity index (χ4n) is 2.17. The fourth-order valence-corrected chi connectivity index (χ4v) is 2.17. The largest absolute Gasteiger partial charge is 0.370 e. The monoisotopic (exact) mass is 219 g/mol. The van der Waals surface area contributed by atoms with E-state index in [1.54, 1.807) is 0 Å². The summed E-state index contributed by atoms with van der Waals surface area (Å²) in [7, 11) is 0. The summed E-state index contributed by atoms with van der Waals surface area (Å²) < 4.78 is 0. The van der Waals surface area contributed by atoms with Gasteiger partial charge in [-0.1, -0.05) is 12.5 Å². The molecule has 0 spiro atoms. The van der Waals surface area contributed by atoms with Crippen LogP contribution in [0.2, 0.25) is 0 Å². The Hall–Kier alpha value is -1.09. The van der Waals surface area contributed by atoms with Crippen LogP contribution in [-0.4, -0.2) is 36.1 Å². The Kier molecular flexibility index (Phi) is 4.62. The highest BCUT2D eigenvalue weighted by atomic mass is 15.1. The van der Waals surface area contributed by atoms with Crippen molar-refractivity contribution in [3.8, 4) is 0 Å². The first-order chi connectivity index (χ1) is 7.95. The smallest absolute Gasteiger partial charge is 0.125 e. The van der Waals surface area contributed by atoms with E-state index < -0.39 is 0 Å². The second-order valence-electron chi connectivity index (χ2n) is 4.40. The standard InChI is InChI=1S/C13H21N3/c1-4-10-16(11-5-1)12-6-9-15-13-7-2-3-8-14-13/h2-3,7-8H,1,4-6,9-12H2,(H,14,15). The van der Waals surface area contributed by atoms with Crippen LogP contribution in [0.5, 0.6) is 0 Å². The summed E-state index contributed by atoms with van der Waals surface area (Å²) in [4.78, 5) is 6.81. The molecule has 16 heavy (non-hydrogen) atoms. The van der Waals surface area contributed by atoms with Gasteiger partial charge in [-0.3, -0.25) is 0 Å². The zero-order valence-corrected chi connectivity index (χ0v) is 9.86. The number of rotatable bonds is 5. The first kappa shape index (κ1) is 11.4. The van der Waals surface area contributed by atoms with Crippen LogP contribution in [-0.2, 0) is 0 Å². The lowest BCUT2D eigenvalue weighted by atomic mass is 10.1. The van der Waals surface area contributed by atoms with Gasteiger partial charge in [0.05, 0.1) is 0 Å². The predicted molar refractivity (Wildman–Crippen MR) is 67.6 cm³/mol. The van der Waals surface area contributed by atoms with E-state index in [1.165, 1.54) is 45.3 Å². The molecule has 1 N–H and O–H groups in total. The predicted octanol–water partition coefficient (Wildman–Crippen LogP) is 2.37. The fraction of sp³-hybridized carbons (Fsp3) is 0.615. The maximum absolute atomic E-state index is 4.24. The summed E-state index contributed by atoms with van der Waals surface area (Å²) in [6.45, 7) is 4.83. The second-order valence-corrected chi connectivity index (χ2v) is 4.40. The van der Waals surface area contributed by atoms with Crippen molar-refractivity contribution in [2.45, 2.75) is 25.7 Å². The van der Waals surface area contributed by atoms with Gasteiger partial charge in [0, 0.05) is 12.7 Å². The number of likely N-dealkylation sites (tertiary alicyclic amines) is 1. The van der Waals surface area contributed by atoms with Gasteiger partial charge < -0.3 is 10.2 Å². The number of nitrogens with one attached hydrogen (secondary N) is 1. The SMILES string of the molecule is c1ccc(NCCCN2CCCCC2)nc1. The van der Waals surface area contributed by atoms with Crippen molar-refractivity contribution in [1.82, 2.24) is 9.88 Å². The summed E-state index contributed by atoms with van der Waals surface area (Å²) in [6.07, 6.45) is 7.22. The molecule has 0 saturated carbocycles. The van der Waals surface area contributed by atoms with Crippen molar-refractivity contribution < 1.29 is 0 Å². The minimum absolute atomic E-state index is 0.987. The molecule has 1 aliphatic rings. The molecule has 0 aliphatic carbocycles. The average Bonchev–Trinajstić information content (AvgIpc) is 2.37. The van der Waals surface area contributed by atoms with Crippen molar-refractivity contribution >= 4 is 5.82 Å². The molecule has 3 nitrogen and oxygen atoms in total. The third-order valence-electron chi connectivity index (χ3n) is 3.07. The lowest BCUT2D eigenvalue weighted by Crippen LogP contribution is -2.31. The number of anilines is 1. The molecule has 0 aromatic carbocycles. The summed E-state index contributed by atoms with van der Waals surface area (Å²) in [6, 6.07) is 5.97. The molecule has 0 atom stereocenters. The lowest BCUT2D eigenvalue weighted by Gasteiger charge is -2.26. The molecule has 1 fully saturated rings. The van der Waals surface area contributed by atoms with Crippen molar-refractivity contribution in [3.05, 3.63) is 24.4 Å². The third-order valence-corrected chi connectivity index (χ3v) is 3.07. The summed E-state index contributed by atoms with van der Waals surface area (Å²) in [5.74, 6) is 0.987. The molecular formula is C13H21N3. The zero-order chi connectivity index (χ0) is 11.1. The van der Waals surface area contributed by atoms with E-state index in [1.807, 2.05) is 24.4 Å². The van der Waals surface area contributed by atoms with Crippen LogP contribution >= 0.6 is 0 Å². The van der Waals surface area contributed by atoms with Crippen LogP contribution < -0.4 is 5.32 Å². The summed E-state index contributed by atoms with van der Waals surface area (Å²) in [5, 5.41) is 3.35. The number of hydrogen-bond donors (Lipinski definition) is 1. The van der Waals surface area contributed by atoms with E-state index in [-0.39, 0.29) is 0 Å². The highest BCUT2D eigenvalue weighted by Crippen LogP contribution is 2.08. The molecule has 1 aliphatic heterocycles. The molecule has 1 aromatic rings. The van der Waals surface area contributed by atoms with Gasteiger partial charge in [-0.2, -0.15) is 0 Å². The lowest BCUT2D eigenvalue weighted by molar-refractivity contribution is 0.228. The van der Waals surface area contributed by atoms with Crippen LogP contribution in [0.15, 0.2) is 24.4 Å². The Morgan fingerprint density at radius 1 is 1.19 bits per heavy atom. The number of aromatic nitrogens is 1. The van der Waals surface area contributed by atoms with E-state index in [2.05, 4.69) is 15.2 Å². The van der Waals surface area contributed by atoms with Gasteiger partial charge in [0.1, 0.15) is 5.82 Å². The van der Waals surface area contributed by atoms with E-state index in [0.29, 0.717) is 0 Å². The third kappa shape index (κ3) is 3.81. The van der Waals surface area contributed by atoms with E-state index in [0.717, 1.165) is 12.4 Å². The van der Waals surface area contributed by atoms with Gasteiger partial charge in [0.2, 0.25) is 0 Å². The molecule has 1 aromatic heterocycles. The van der Waals surface area contributed by atoms with Crippen LogP contribution in [0.4, 0.5) is 5.82 Å². The number of pyridine rings is 1. The minimum Gasteiger partial charge on any atom is -0.370 e. The van der Waals surface area contributed by atoms with Crippen molar-refractivity contribution in [1.29, 1.82) is 0 Å². The molecule has 3 heteroatoms. The maximum Gasteiger partial charge on any atom is 0.125 e. The quantitative estimate of drug-likeness (QED) is 0.771. The Morgan fingerprint density at radius 3 is 2.81 bits per heavy atom. The Balaban J connectivity index is 1.58. The van der Waals surface area contributed by atoms with Crippen molar-refractivity contribution in [3.63, 3.8) is 0 Å². The molecule has 88 valence electrons. The van der Waals surface area contributed by atoms with Gasteiger partial charge >= 0.3 is 0 Å². The maximum atomic E-state index is 4.24. The van der Waals surface area contributed by atoms with Crippen molar-refractivity contribution in [2.75, 3.05) is 31.5 Å². The molecular weight excluding hydrogens is 198 g/mol. The topological polar surface area (TPSA) is 28.2 Å². The summed E-state index contributed by atoms with van der Waals surface area (Å²) >= 11 is 0. The highest BCUT2D eigenvalue weighted by Gasteiger charge is 2.08. The van der Waals surface area contributed by atoms with Crippen molar-refractivity contribution in [2.24, 2.45) is 0 Å². The average molecular weight is 219 g/mol. The molecule has 2 rings (SSSR count). The molecule has 2 heterocycles. The number of nitrogens with zero attached hydrogens (tertiary/aromatic N) is 2.